The molecule has 154 valence electrons. The van der Waals surface area contributed by atoms with Crippen LogP contribution in [0.2, 0.25) is 0 Å². The summed E-state index contributed by atoms with van der Waals surface area (Å²) in [5.41, 5.74) is 0.697. The van der Waals surface area contributed by atoms with E-state index in [1.165, 1.54) is 0 Å². The van der Waals surface area contributed by atoms with Crippen LogP contribution in [0.4, 0.5) is 0 Å². The number of fused-ring (bicyclic) bond motifs is 1. The standard InChI is InChI=1S/C24H30N2O3/c1-23(2,28)17-11-24(12-17)13-18(14-24)26-22(27)16-9-19(10-16)29-20-7-3-5-15-6-4-8-25-21(15)20/h3-8,16-19,28H,9-14H2,1-2H3,(H,26,27). The number of para-hydroxylation sites is 1. The Morgan fingerprint density at radius 2 is 1.90 bits per heavy atom. The molecule has 1 spiro atoms. The second-order valence-electron chi connectivity index (χ2n) is 10.1. The molecular formula is C24H30N2O3. The van der Waals surface area contributed by atoms with Crippen molar-refractivity contribution in [2.75, 3.05) is 0 Å². The average molecular weight is 395 g/mol. The highest BCUT2D eigenvalue weighted by Gasteiger charge is 2.56. The van der Waals surface area contributed by atoms with E-state index in [1.54, 1.807) is 6.20 Å². The van der Waals surface area contributed by atoms with Crippen LogP contribution in [0.5, 0.6) is 5.75 Å². The summed E-state index contributed by atoms with van der Waals surface area (Å²) in [6, 6.07) is 10.2. The van der Waals surface area contributed by atoms with E-state index in [2.05, 4.69) is 10.3 Å². The van der Waals surface area contributed by atoms with E-state index in [0.717, 1.165) is 55.2 Å². The van der Waals surface area contributed by atoms with Crippen molar-refractivity contribution in [3.8, 4) is 5.75 Å². The van der Waals surface area contributed by atoms with E-state index in [0.29, 0.717) is 17.4 Å². The van der Waals surface area contributed by atoms with Gasteiger partial charge in [0.15, 0.2) is 0 Å². The summed E-state index contributed by atoms with van der Waals surface area (Å²) in [5.74, 6) is 1.45. The molecule has 29 heavy (non-hydrogen) atoms. The molecular weight excluding hydrogens is 364 g/mol. The van der Waals surface area contributed by atoms with Crippen LogP contribution >= 0.6 is 0 Å². The smallest absolute Gasteiger partial charge is 0.223 e. The Bertz CT molecular complexity index is 910. The zero-order valence-electron chi connectivity index (χ0n) is 17.2. The van der Waals surface area contributed by atoms with Crippen LogP contribution in [0.15, 0.2) is 36.5 Å². The van der Waals surface area contributed by atoms with E-state index < -0.39 is 5.60 Å². The number of pyridine rings is 1. The monoisotopic (exact) mass is 394 g/mol. The van der Waals surface area contributed by atoms with Gasteiger partial charge in [-0.2, -0.15) is 0 Å². The molecule has 0 aliphatic heterocycles. The lowest BCUT2D eigenvalue weighted by Gasteiger charge is -2.60. The molecule has 3 aliphatic rings. The molecule has 5 nitrogen and oxygen atoms in total. The minimum atomic E-state index is -0.569. The van der Waals surface area contributed by atoms with Crippen molar-refractivity contribution in [2.45, 2.75) is 70.1 Å². The molecule has 0 saturated heterocycles. The van der Waals surface area contributed by atoms with E-state index in [9.17, 15) is 9.90 Å². The fourth-order valence-electron chi connectivity index (χ4n) is 5.45. The summed E-state index contributed by atoms with van der Waals surface area (Å²) in [4.78, 5) is 17.0. The van der Waals surface area contributed by atoms with Crippen molar-refractivity contribution >= 4 is 16.8 Å². The average Bonchev–Trinajstić information content (AvgIpc) is 2.57. The lowest BCUT2D eigenvalue weighted by atomic mass is 9.47. The number of hydrogen-bond acceptors (Lipinski definition) is 4. The SMILES string of the molecule is CC(C)(O)C1CC2(CC(NC(=O)C3CC(Oc4cccc5cccnc45)C3)C2)C1. The van der Waals surface area contributed by atoms with Crippen LogP contribution in [0, 0.1) is 17.3 Å². The maximum atomic E-state index is 12.6. The molecule has 1 heterocycles. The molecule has 0 atom stereocenters. The number of hydrogen-bond donors (Lipinski definition) is 2. The van der Waals surface area contributed by atoms with Crippen LogP contribution in [-0.2, 0) is 4.79 Å². The summed E-state index contributed by atoms with van der Waals surface area (Å²) in [6.45, 7) is 3.82. The minimum absolute atomic E-state index is 0.0602. The first-order valence-corrected chi connectivity index (χ1v) is 10.8. The zero-order chi connectivity index (χ0) is 20.2. The summed E-state index contributed by atoms with van der Waals surface area (Å²) < 4.78 is 6.13. The Morgan fingerprint density at radius 3 is 2.62 bits per heavy atom. The lowest BCUT2D eigenvalue weighted by molar-refractivity contribution is -0.144. The second-order valence-corrected chi connectivity index (χ2v) is 10.1. The van der Waals surface area contributed by atoms with Crippen molar-refractivity contribution < 1.29 is 14.6 Å². The third-order valence-corrected chi connectivity index (χ3v) is 7.42. The maximum absolute atomic E-state index is 12.6. The van der Waals surface area contributed by atoms with Gasteiger partial charge >= 0.3 is 0 Å². The van der Waals surface area contributed by atoms with E-state index in [1.807, 2.05) is 44.2 Å². The number of amides is 1. The molecule has 3 fully saturated rings. The van der Waals surface area contributed by atoms with Gasteiger partial charge in [0, 0.05) is 23.5 Å². The van der Waals surface area contributed by atoms with Crippen LogP contribution in [0.3, 0.4) is 0 Å². The second kappa shape index (κ2) is 6.69. The molecule has 3 aliphatic carbocycles. The van der Waals surface area contributed by atoms with Gasteiger partial charge in [0.25, 0.3) is 0 Å². The van der Waals surface area contributed by atoms with Gasteiger partial charge in [-0.05, 0) is 75.8 Å². The van der Waals surface area contributed by atoms with Crippen molar-refractivity contribution in [2.24, 2.45) is 17.3 Å². The summed E-state index contributed by atoms with van der Waals surface area (Å²) in [7, 11) is 0. The number of carbonyl (C=O) groups is 1. The molecule has 2 aromatic rings. The Hall–Kier alpha value is -2.14. The van der Waals surface area contributed by atoms with E-state index in [-0.39, 0.29) is 17.9 Å². The highest BCUT2D eigenvalue weighted by molar-refractivity contribution is 5.84. The molecule has 1 aromatic carbocycles. The Balaban J connectivity index is 1.07. The van der Waals surface area contributed by atoms with Crippen molar-refractivity contribution in [3.05, 3.63) is 36.5 Å². The van der Waals surface area contributed by atoms with Crippen LogP contribution in [0.1, 0.15) is 52.4 Å². The van der Waals surface area contributed by atoms with E-state index in [4.69, 9.17) is 4.74 Å². The summed E-state index contributed by atoms with van der Waals surface area (Å²) in [5, 5.41) is 14.4. The molecule has 0 unspecified atom stereocenters. The van der Waals surface area contributed by atoms with Gasteiger partial charge in [0.2, 0.25) is 5.91 Å². The molecule has 0 bridgehead atoms. The normalized spacial score (nSPS) is 33.5. The molecule has 5 heteroatoms. The zero-order valence-corrected chi connectivity index (χ0v) is 17.2. The maximum Gasteiger partial charge on any atom is 0.223 e. The number of nitrogens with zero attached hydrogens (tertiary/aromatic N) is 1. The summed E-state index contributed by atoms with van der Waals surface area (Å²) >= 11 is 0. The van der Waals surface area contributed by atoms with Gasteiger partial charge in [0.1, 0.15) is 17.4 Å². The van der Waals surface area contributed by atoms with Crippen molar-refractivity contribution in [3.63, 3.8) is 0 Å². The quantitative estimate of drug-likeness (QED) is 0.808. The van der Waals surface area contributed by atoms with Gasteiger partial charge in [-0.15, -0.1) is 0 Å². The van der Waals surface area contributed by atoms with Crippen molar-refractivity contribution in [1.82, 2.24) is 10.3 Å². The van der Waals surface area contributed by atoms with Gasteiger partial charge < -0.3 is 15.2 Å². The lowest BCUT2D eigenvalue weighted by Crippen LogP contribution is -2.60. The Kier molecular flexibility index (Phi) is 4.35. The largest absolute Gasteiger partial charge is 0.488 e. The van der Waals surface area contributed by atoms with Crippen LogP contribution in [0.25, 0.3) is 10.9 Å². The number of ether oxygens (including phenoxy) is 1. The molecule has 1 aromatic heterocycles. The molecule has 1 amide bonds. The number of benzene rings is 1. The Labute approximate surface area is 171 Å². The number of aliphatic hydroxyl groups is 1. The number of carbonyl (C=O) groups excluding carboxylic acids is 1. The van der Waals surface area contributed by atoms with Gasteiger partial charge in [-0.3, -0.25) is 9.78 Å². The van der Waals surface area contributed by atoms with Gasteiger partial charge in [-0.25, -0.2) is 0 Å². The number of nitrogens with one attached hydrogen (secondary N) is 1. The van der Waals surface area contributed by atoms with Crippen LogP contribution in [-0.4, -0.2) is 33.7 Å². The molecule has 2 N–H and O–H groups in total. The van der Waals surface area contributed by atoms with Gasteiger partial charge in [0.05, 0.1) is 5.60 Å². The molecule has 0 radical (unpaired) electrons. The van der Waals surface area contributed by atoms with Crippen molar-refractivity contribution in [1.29, 1.82) is 0 Å². The summed E-state index contributed by atoms with van der Waals surface area (Å²) in [6.07, 6.45) is 7.75. The highest BCUT2D eigenvalue weighted by Crippen LogP contribution is 2.61. The predicted octanol–water partition coefficient (Wildman–Crippen LogP) is 3.84. The molecule has 3 saturated carbocycles. The molecule has 5 rings (SSSR count). The highest BCUT2D eigenvalue weighted by atomic mass is 16.5. The first-order valence-electron chi connectivity index (χ1n) is 10.8. The van der Waals surface area contributed by atoms with E-state index >= 15 is 0 Å². The third kappa shape index (κ3) is 3.50. The third-order valence-electron chi connectivity index (χ3n) is 7.42. The van der Waals surface area contributed by atoms with Gasteiger partial charge in [-0.1, -0.05) is 18.2 Å². The fraction of sp³-hybridized carbons (Fsp3) is 0.583. The number of aromatic nitrogens is 1. The predicted molar refractivity (Wildman–Crippen MR) is 112 cm³/mol. The number of rotatable bonds is 5. The first-order chi connectivity index (χ1) is 13.8. The minimum Gasteiger partial charge on any atom is -0.488 e. The fourth-order valence-corrected chi connectivity index (χ4v) is 5.45. The Morgan fingerprint density at radius 1 is 1.17 bits per heavy atom. The van der Waals surface area contributed by atoms with Crippen LogP contribution < -0.4 is 10.1 Å². The first kappa shape index (κ1) is 18.9. The topological polar surface area (TPSA) is 71.5 Å².